The average Bonchev–Trinajstić information content (AvgIpc) is 2.48. The maximum atomic E-state index is 12.4. The van der Waals surface area contributed by atoms with Crippen LogP contribution in [0.15, 0.2) is 24.4 Å². The number of aromatic nitrogens is 1. The minimum atomic E-state index is -3.19. The molecule has 0 aliphatic carbocycles. The summed E-state index contributed by atoms with van der Waals surface area (Å²) in [5, 5.41) is 3.43. The van der Waals surface area contributed by atoms with Crippen molar-refractivity contribution in [2.45, 2.75) is 32.7 Å². The Bertz CT molecular complexity index is 533. The minimum absolute atomic E-state index is 0.141. The zero-order valence-corrected chi connectivity index (χ0v) is 13.6. The Morgan fingerprint density at radius 1 is 1.43 bits per heavy atom. The van der Waals surface area contributed by atoms with Gasteiger partial charge in [-0.2, -0.15) is 0 Å². The van der Waals surface area contributed by atoms with Gasteiger partial charge in [0.05, 0.1) is 5.75 Å². The summed E-state index contributed by atoms with van der Waals surface area (Å²) in [4.78, 5) is 4.19. The number of hydrogen-bond acceptors (Lipinski definition) is 4. The number of sulfonamides is 1. The van der Waals surface area contributed by atoms with Gasteiger partial charge in [0.15, 0.2) is 0 Å². The fourth-order valence-electron chi connectivity index (χ4n) is 2.83. The quantitative estimate of drug-likeness (QED) is 0.859. The van der Waals surface area contributed by atoms with Crippen LogP contribution in [-0.2, 0) is 16.4 Å². The molecule has 2 unspecified atom stereocenters. The van der Waals surface area contributed by atoms with Crippen LogP contribution in [0.3, 0.4) is 0 Å². The van der Waals surface area contributed by atoms with Crippen LogP contribution in [-0.4, -0.2) is 49.1 Å². The summed E-state index contributed by atoms with van der Waals surface area (Å²) in [5.74, 6) is 0.492. The monoisotopic (exact) mass is 311 g/mol. The number of piperidine rings is 1. The van der Waals surface area contributed by atoms with Crippen molar-refractivity contribution < 1.29 is 8.42 Å². The molecular formula is C15H25N3O2S. The van der Waals surface area contributed by atoms with Gasteiger partial charge in [0.1, 0.15) is 0 Å². The molecule has 0 bridgehead atoms. The highest BCUT2D eigenvalue weighted by molar-refractivity contribution is 7.89. The van der Waals surface area contributed by atoms with Gasteiger partial charge >= 0.3 is 0 Å². The largest absolute Gasteiger partial charge is 0.314 e. The molecule has 21 heavy (non-hydrogen) atoms. The van der Waals surface area contributed by atoms with E-state index in [0.29, 0.717) is 31.5 Å². The van der Waals surface area contributed by atoms with Crippen molar-refractivity contribution in [3.63, 3.8) is 0 Å². The molecule has 0 radical (unpaired) electrons. The van der Waals surface area contributed by atoms with Crippen LogP contribution >= 0.6 is 0 Å². The summed E-state index contributed by atoms with van der Waals surface area (Å²) in [5.41, 5.74) is 0.830. The Morgan fingerprint density at radius 2 is 2.24 bits per heavy atom. The van der Waals surface area contributed by atoms with Gasteiger partial charge in [0.2, 0.25) is 10.0 Å². The molecule has 0 aromatic carbocycles. The van der Waals surface area contributed by atoms with Crippen molar-refractivity contribution in [2.75, 3.05) is 25.4 Å². The molecule has 1 aliphatic heterocycles. The van der Waals surface area contributed by atoms with Gasteiger partial charge in [-0.25, -0.2) is 12.7 Å². The van der Waals surface area contributed by atoms with E-state index in [9.17, 15) is 8.42 Å². The molecule has 2 atom stereocenters. The molecule has 5 nitrogen and oxygen atoms in total. The first kappa shape index (κ1) is 16.4. The van der Waals surface area contributed by atoms with Gasteiger partial charge in [-0.3, -0.25) is 4.98 Å². The number of nitrogens with zero attached hydrogens (tertiary/aromatic N) is 2. The summed E-state index contributed by atoms with van der Waals surface area (Å²) in [6.45, 7) is 6.37. The average molecular weight is 311 g/mol. The predicted octanol–water partition coefficient (Wildman–Crippen LogP) is 1.27. The van der Waals surface area contributed by atoms with Crippen molar-refractivity contribution in [3.05, 3.63) is 30.1 Å². The predicted molar refractivity (Wildman–Crippen MR) is 84.5 cm³/mol. The van der Waals surface area contributed by atoms with Gasteiger partial charge < -0.3 is 5.32 Å². The van der Waals surface area contributed by atoms with Gasteiger partial charge in [0, 0.05) is 37.4 Å². The van der Waals surface area contributed by atoms with Crippen molar-refractivity contribution in [3.8, 4) is 0 Å². The Morgan fingerprint density at radius 3 is 2.86 bits per heavy atom. The second kappa shape index (κ2) is 7.33. The second-order valence-electron chi connectivity index (χ2n) is 5.68. The number of nitrogens with one attached hydrogen (secondary N) is 1. The van der Waals surface area contributed by atoms with Crippen molar-refractivity contribution >= 4 is 10.0 Å². The third-order valence-corrected chi connectivity index (χ3v) is 5.91. The normalized spacial score (nSPS) is 24.1. The standard InChI is InChI=1S/C15H25N3O2S/c1-3-16-15-7-10-18(12-13(15)2)21(19,20)11-8-14-6-4-5-9-17-14/h4-6,9,13,15-16H,3,7-8,10-12H2,1-2H3. The minimum Gasteiger partial charge on any atom is -0.314 e. The van der Waals surface area contributed by atoms with Crippen LogP contribution in [0, 0.1) is 5.92 Å². The van der Waals surface area contributed by atoms with E-state index in [1.165, 1.54) is 0 Å². The zero-order chi connectivity index (χ0) is 15.3. The molecule has 0 amide bonds. The summed E-state index contributed by atoms with van der Waals surface area (Å²) in [6.07, 6.45) is 3.06. The van der Waals surface area contributed by atoms with E-state index in [4.69, 9.17) is 0 Å². The van der Waals surface area contributed by atoms with Crippen LogP contribution in [0.25, 0.3) is 0 Å². The highest BCUT2D eigenvalue weighted by Gasteiger charge is 2.31. The number of rotatable bonds is 6. The first-order valence-corrected chi connectivity index (χ1v) is 9.25. The Labute approximate surface area is 127 Å². The first-order valence-electron chi connectivity index (χ1n) is 7.64. The highest BCUT2D eigenvalue weighted by Crippen LogP contribution is 2.20. The molecule has 0 saturated carbocycles. The molecule has 118 valence electrons. The molecule has 1 aromatic heterocycles. The summed E-state index contributed by atoms with van der Waals surface area (Å²) in [7, 11) is -3.19. The highest BCUT2D eigenvalue weighted by atomic mass is 32.2. The van der Waals surface area contributed by atoms with Crippen LogP contribution in [0.5, 0.6) is 0 Å². The summed E-state index contributed by atoms with van der Waals surface area (Å²) >= 11 is 0. The van der Waals surface area contributed by atoms with E-state index in [1.807, 2.05) is 18.2 Å². The maximum absolute atomic E-state index is 12.4. The van der Waals surface area contributed by atoms with E-state index >= 15 is 0 Å². The molecule has 0 spiro atoms. The molecule has 1 aromatic rings. The van der Waals surface area contributed by atoms with Crippen LogP contribution < -0.4 is 5.32 Å². The molecule has 1 aliphatic rings. The van der Waals surface area contributed by atoms with Crippen molar-refractivity contribution in [1.82, 2.24) is 14.6 Å². The van der Waals surface area contributed by atoms with Crippen molar-refractivity contribution in [1.29, 1.82) is 0 Å². The Balaban J connectivity index is 1.91. The van der Waals surface area contributed by atoms with Gasteiger partial charge in [-0.05, 0) is 31.0 Å². The number of hydrogen-bond donors (Lipinski definition) is 1. The molecule has 6 heteroatoms. The Kier molecular flexibility index (Phi) is 5.72. The third-order valence-electron chi connectivity index (χ3n) is 4.07. The number of pyridine rings is 1. The summed E-state index contributed by atoms with van der Waals surface area (Å²) in [6, 6.07) is 6.02. The lowest BCUT2D eigenvalue weighted by molar-refractivity contribution is 0.222. The fraction of sp³-hybridized carbons (Fsp3) is 0.667. The fourth-order valence-corrected chi connectivity index (χ4v) is 4.41. The maximum Gasteiger partial charge on any atom is 0.214 e. The van der Waals surface area contributed by atoms with E-state index < -0.39 is 10.0 Å². The smallest absolute Gasteiger partial charge is 0.214 e. The van der Waals surface area contributed by atoms with E-state index in [0.717, 1.165) is 18.7 Å². The van der Waals surface area contributed by atoms with E-state index in [-0.39, 0.29) is 5.75 Å². The van der Waals surface area contributed by atoms with Crippen LogP contribution in [0.4, 0.5) is 0 Å². The van der Waals surface area contributed by atoms with Gasteiger partial charge in [-0.15, -0.1) is 0 Å². The van der Waals surface area contributed by atoms with Gasteiger partial charge in [-0.1, -0.05) is 19.9 Å². The molecule has 1 N–H and O–H groups in total. The van der Waals surface area contributed by atoms with Crippen LogP contribution in [0.2, 0.25) is 0 Å². The SMILES string of the molecule is CCNC1CCN(S(=O)(=O)CCc2ccccn2)CC1C. The Hall–Kier alpha value is -0.980. The van der Waals surface area contributed by atoms with Gasteiger partial charge in [0.25, 0.3) is 0 Å². The first-order chi connectivity index (χ1) is 10.0. The molecule has 1 saturated heterocycles. The molecule has 1 fully saturated rings. The lowest BCUT2D eigenvalue weighted by Gasteiger charge is -2.36. The molecule has 2 rings (SSSR count). The summed E-state index contributed by atoms with van der Waals surface area (Å²) < 4.78 is 26.5. The third kappa shape index (κ3) is 4.49. The van der Waals surface area contributed by atoms with E-state index in [1.54, 1.807) is 10.5 Å². The second-order valence-corrected chi connectivity index (χ2v) is 7.76. The topological polar surface area (TPSA) is 62.3 Å². The lowest BCUT2D eigenvalue weighted by atomic mass is 9.95. The molecule has 2 heterocycles. The molecular weight excluding hydrogens is 286 g/mol. The zero-order valence-electron chi connectivity index (χ0n) is 12.8. The number of aryl methyl sites for hydroxylation is 1. The van der Waals surface area contributed by atoms with E-state index in [2.05, 4.69) is 24.1 Å². The van der Waals surface area contributed by atoms with Crippen molar-refractivity contribution in [2.24, 2.45) is 5.92 Å². The van der Waals surface area contributed by atoms with Crippen LogP contribution in [0.1, 0.15) is 26.0 Å². The lowest BCUT2D eigenvalue weighted by Crippen LogP contribution is -2.50.